The Morgan fingerprint density at radius 3 is 2.17 bits per heavy atom. The zero-order valence-corrected chi connectivity index (χ0v) is 7.89. The van der Waals surface area contributed by atoms with Crippen LogP contribution < -0.4 is 0 Å². The van der Waals surface area contributed by atoms with Gasteiger partial charge in [-0.3, -0.25) is 4.79 Å². The Balaban J connectivity index is 3.96. The summed E-state index contributed by atoms with van der Waals surface area (Å²) < 4.78 is 0. The molecule has 0 aromatic rings. The van der Waals surface area contributed by atoms with E-state index in [1.807, 2.05) is 0 Å². The lowest BCUT2D eigenvalue weighted by Gasteiger charge is -2.18. The highest BCUT2D eigenvalue weighted by Crippen LogP contribution is 2.13. The molecule has 0 aliphatic rings. The lowest BCUT2D eigenvalue weighted by Crippen LogP contribution is -2.34. The molecule has 3 heteroatoms. The fourth-order valence-electron chi connectivity index (χ4n) is 0.756. The van der Waals surface area contributed by atoms with Crippen molar-refractivity contribution in [1.29, 1.82) is 0 Å². The summed E-state index contributed by atoms with van der Waals surface area (Å²) in [5, 5.41) is 9.44. The van der Waals surface area contributed by atoms with E-state index in [9.17, 15) is 14.7 Å². The van der Waals surface area contributed by atoms with Crippen molar-refractivity contribution >= 4 is 11.6 Å². The molecule has 0 saturated heterocycles. The van der Waals surface area contributed by atoms with Gasteiger partial charge < -0.3 is 9.90 Å². The number of Topliss-reactive ketones (excluding diaryl/α,β-unsaturated/α-hetero) is 2. The van der Waals surface area contributed by atoms with Gasteiger partial charge in [0.15, 0.2) is 5.78 Å². The second kappa shape index (κ2) is 4.36. The normalized spacial score (nSPS) is 15.3. The molecule has 0 aliphatic carbocycles. The number of aliphatic hydroxyl groups is 1. The van der Waals surface area contributed by atoms with Gasteiger partial charge in [-0.2, -0.15) is 0 Å². The first-order chi connectivity index (χ1) is 5.40. The molecule has 0 rings (SSSR count). The summed E-state index contributed by atoms with van der Waals surface area (Å²) in [5.74, 6) is -0.268. The first-order valence-electron chi connectivity index (χ1n) is 4.15. The molecule has 12 heavy (non-hydrogen) atoms. The van der Waals surface area contributed by atoms with Crippen LogP contribution in [0, 0.1) is 0 Å². The molecule has 0 fully saturated rings. The van der Waals surface area contributed by atoms with Crippen LogP contribution in [0.5, 0.6) is 0 Å². The maximum absolute atomic E-state index is 11.2. The van der Waals surface area contributed by atoms with Crippen LogP contribution in [-0.4, -0.2) is 22.3 Å². The minimum Gasteiger partial charge on any atom is -0.382 e. The van der Waals surface area contributed by atoms with Crippen molar-refractivity contribution in [2.75, 3.05) is 0 Å². The van der Waals surface area contributed by atoms with Crippen molar-refractivity contribution in [2.24, 2.45) is 0 Å². The van der Waals surface area contributed by atoms with Crippen LogP contribution >= 0.6 is 0 Å². The number of hydrogen-bond acceptors (Lipinski definition) is 3. The standard InChI is InChI=1S/C9H16O3/c1-4-9(3,12)8(11)6-5-7(2)10/h12H,4-6H2,1-3H3. The number of carbonyl (C=O) groups excluding carboxylic acids is 2. The van der Waals surface area contributed by atoms with Gasteiger partial charge in [0.05, 0.1) is 0 Å². The van der Waals surface area contributed by atoms with E-state index < -0.39 is 5.60 Å². The highest BCUT2D eigenvalue weighted by atomic mass is 16.3. The van der Waals surface area contributed by atoms with Gasteiger partial charge in [-0.25, -0.2) is 0 Å². The maximum atomic E-state index is 11.2. The van der Waals surface area contributed by atoms with E-state index in [0.717, 1.165) is 0 Å². The number of hydrogen-bond donors (Lipinski definition) is 1. The highest BCUT2D eigenvalue weighted by Gasteiger charge is 2.26. The van der Waals surface area contributed by atoms with E-state index in [2.05, 4.69) is 0 Å². The van der Waals surface area contributed by atoms with Gasteiger partial charge in [0.2, 0.25) is 0 Å². The smallest absolute Gasteiger partial charge is 0.164 e. The summed E-state index contributed by atoms with van der Waals surface area (Å²) >= 11 is 0. The van der Waals surface area contributed by atoms with Crippen molar-refractivity contribution in [3.05, 3.63) is 0 Å². The first-order valence-corrected chi connectivity index (χ1v) is 4.15. The van der Waals surface area contributed by atoms with Crippen molar-refractivity contribution < 1.29 is 14.7 Å². The lowest BCUT2D eigenvalue weighted by molar-refractivity contribution is -0.137. The SMILES string of the molecule is CCC(C)(O)C(=O)CCC(C)=O. The van der Waals surface area contributed by atoms with Crippen molar-refractivity contribution in [3.8, 4) is 0 Å². The molecule has 70 valence electrons. The molecular formula is C9H16O3. The molecule has 1 unspecified atom stereocenters. The van der Waals surface area contributed by atoms with Crippen LogP contribution in [-0.2, 0) is 9.59 Å². The Kier molecular flexibility index (Phi) is 4.10. The molecule has 0 saturated carbocycles. The van der Waals surface area contributed by atoms with E-state index in [1.165, 1.54) is 13.8 Å². The number of carbonyl (C=O) groups is 2. The molecule has 0 aromatic carbocycles. The fraction of sp³-hybridized carbons (Fsp3) is 0.778. The average molecular weight is 172 g/mol. The lowest BCUT2D eigenvalue weighted by atomic mass is 9.94. The second-order valence-electron chi connectivity index (χ2n) is 3.25. The van der Waals surface area contributed by atoms with E-state index in [1.54, 1.807) is 6.92 Å². The molecule has 0 aromatic heterocycles. The topological polar surface area (TPSA) is 54.4 Å². The van der Waals surface area contributed by atoms with Crippen LogP contribution in [0.4, 0.5) is 0 Å². The molecule has 1 N–H and O–H groups in total. The van der Waals surface area contributed by atoms with E-state index in [-0.39, 0.29) is 24.4 Å². The van der Waals surface area contributed by atoms with Crippen molar-refractivity contribution in [2.45, 2.75) is 45.6 Å². The van der Waals surface area contributed by atoms with E-state index >= 15 is 0 Å². The zero-order chi connectivity index (χ0) is 9.78. The van der Waals surface area contributed by atoms with Crippen LogP contribution in [0.1, 0.15) is 40.0 Å². The largest absolute Gasteiger partial charge is 0.382 e. The third kappa shape index (κ3) is 3.62. The second-order valence-corrected chi connectivity index (χ2v) is 3.25. The first kappa shape index (κ1) is 11.3. The molecule has 1 atom stereocenters. The Bertz CT molecular complexity index is 182. The zero-order valence-electron chi connectivity index (χ0n) is 7.89. The third-order valence-corrected chi connectivity index (χ3v) is 1.99. The summed E-state index contributed by atoms with van der Waals surface area (Å²) in [6.45, 7) is 4.66. The van der Waals surface area contributed by atoms with Gasteiger partial charge in [0.1, 0.15) is 11.4 Å². The van der Waals surface area contributed by atoms with Crippen LogP contribution in [0.25, 0.3) is 0 Å². The minimum atomic E-state index is -1.25. The Morgan fingerprint density at radius 2 is 1.83 bits per heavy atom. The Morgan fingerprint density at radius 1 is 1.33 bits per heavy atom. The third-order valence-electron chi connectivity index (χ3n) is 1.99. The minimum absolute atomic E-state index is 0.0183. The predicted octanol–water partition coefficient (Wildman–Crippen LogP) is 1.09. The van der Waals surface area contributed by atoms with Gasteiger partial charge in [-0.05, 0) is 20.3 Å². The summed E-state index contributed by atoms with van der Waals surface area (Å²) in [5.41, 5.74) is -1.25. The molecule has 0 bridgehead atoms. The fourth-order valence-corrected chi connectivity index (χ4v) is 0.756. The summed E-state index contributed by atoms with van der Waals surface area (Å²) in [6.07, 6.45) is 0.773. The monoisotopic (exact) mass is 172 g/mol. The molecule has 0 spiro atoms. The molecular weight excluding hydrogens is 156 g/mol. The van der Waals surface area contributed by atoms with E-state index in [4.69, 9.17) is 0 Å². The summed E-state index contributed by atoms with van der Waals surface area (Å²) in [4.78, 5) is 21.7. The predicted molar refractivity (Wildman–Crippen MR) is 45.8 cm³/mol. The van der Waals surface area contributed by atoms with Gasteiger partial charge in [0.25, 0.3) is 0 Å². The number of rotatable bonds is 5. The average Bonchev–Trinajstić information content (AvgIpc) is 2.00. The number of ketones is 2. The van der Waals surface area contributed by atoms with Gasteiger partial charge in [-0.15, -0.1) is 0 Å². The molecule has 0 aliphatic heterocycles. The van der Waals surface area contributed by atoms with Crippen LogP contribution in [0.15, 0.2) is 0 Å². The maximum Gasteiger partial charge on any atom is 0.164 e. The van der Waals surface area contributed by atoms with Crippen LogP contribution in [0.3, 0.4) is 0 Å². The summed E-state index contributed by atoms with van der Waals surface area (Å²) in [6, 6.07) is 0. The molecule has 3 nitrogen and oxygen atoms in total. The van der Waals surface area contributed by atoms with Gasteiger partial charge in [0, 0.05) is 12.8 Å². The Hall–Kier alpha value is -0.700. The van der Waals surface area contributed by atoms with E-state index in [0.29, 0.717) is 6.42 Å². The molecule has 0 heterocycles. The highest BCUT2D eigenvalue weighted by molar-refractivity contribution is 5.90. The summed E-state index contributed by atoms with van der Waals surface area (Å²) in [7, 11) is 0. The van der Waals surface area contributed by atoms with Crippen molar-refractivity contribution in [1.82, 2.24) is 0 Å². The van der Waals surface area contributed by atoms with Crippen LogP contribution in [0.2, 0.25) is 0 Å². The van der Waals surface area contributed by atoms with Gasteiger partial charge >= 0.3 is 0 Å². The Labute approximate surface area is 72.8 Å². The molecule has 0 amide bonds. The quantitative estimate of drug-likeness (QED) is 0.675. The molecule has 0 radical (unpaired) electrons. The van der Waals surface area contributed by atoms with Gasteiger partial charge in [-0.1, -0.05) is 6.92 Å². The van der Waals surface area contributed by atoms with Crippen molar-refractivity contribution in [3.63, 3.8) is 0 Å².